The van der Waals surface area contributed by atoms with Gasteiger partial charge in [0.05, 0.1) is 7.11 Å². The van der Waals surface area contributed by atoms with Gasteiger partial charge in [0.1, 0.15) is 48.4 Å². The lowest BCUT2D eigenvalue weighted by atomic mass is 9.94. The van der Waals surface area contributed by atoms with E-state index in [0.717, 1.165) is 11.1 Å². The second kappa shape index (κ2) is 13.4. The number of aryl methyl sites for hydroxylation is 1. The minimum Gasteiger partial charge on any atom is -0.470 e. The highest BCUT2D eigenvalue weighted by Crippen LogP contribution is 2.37. The SMILES string of the molecule is COC(=O)CN(C)c1nc(OCc2coc(-c3ccc(Cl)cc3)n2)c(C#N)c(-c2ccc(CCCO)cc2)c1C#N. The van der Waals surface area contributed by atoms with Crippen molar-refractivity contribution in [2.24, 2.45) is 0 Å². The number of hydrogen-bond donors (Lipinski definition) is 1. The standard InChI is InChI=1S/C30H26ClN5O5/c1-36(16-26(38)39-2)28-24(14-32)27(20-7-5-19(6-8-20)4-3-13-37)25(15-33)30(35-28)41-18-23-17-40-29(34-23)21-9-11-22(31)12-10-21/h5-12,17,37H,3-4,13,16,18H2,1-2H3. The second-order valence-corrected chi connectivity index (χ2v) is 9.42. The maximum atomic E-state index is 12.0. The predicted octanol–water partition coefficient (Wildman–Crippen LogP) is 4.91. The monoisotopic (exact) mass is 571 g/mol. The number of rotatable bonds is 11. The Hall–Kier alpha value is -4.90. The fraction of sp³-hybridized carbons (Fsp3) is 0.233. The van der Waals surface area contributed by atoms with Crippen LogP contribution in [0.15, 0.2) is 59.2 Å². The molecule has 0 amide bonds. The molecule has 2 aromatic heterocycles. The van der Waals surface area contributed by atoms with Gasteiger partial charge in [-0.25, -0.2) is 4.98 Å². The van der Waals surface area contributed by atoms with Crippen LogP contribution in [0.3, 0.4) is 0 Å². The second-order valence-electron chi connectivity index (χ2n) is 8.99. The number of aromatic nitrogens is 2. The van der Waals surface area contributed by atoms with Gasteiger partial charge in [0.25, 0.3) is 0 Å². The van der Waals surface area contributed by atoms with Gasteiger partial charge in [-0.05, 0) is 48.2 Å². The fourth-order valence-corrected chi connectivity index (χ4v) is 4.25. The summed E-state index contributed by atoms with van der Waals surface area (Å²) in [6.45, 7) is -0.187. The van der Waals surface area contributed by atoms with Crippen molar-refractivity contribution in [2.75, 3.05) is 32.2 Å². The molecule has 2 heterocycles. The van der Waals surface area contributed by atoms with E-state index >= 15 is 0 Å². The highest BCUT2D eigenvalue weighted by atomic mass is 35.5. The third-order valence-corrected chi connectivity index (χ3v) is 6.44. The zero-order valence-corrected chi connectivity index (χ0v) is 23.2. The van der Waals surface area contributed by atoms with Crippen LogP contribution in [0.25, 0.3) is 22.6 Å². The molecule has 0 saturated carbocycles. The van der Waals surface area contributed by atoms with Crippen LogP contribution >= 0.6 is 11.6 Å². The lowest BCUT2D eigenvalue weighted by Crippen LogP contribution is -2.28. The number of anilines is 1. The van der Waals surface area contributed by atoms with Gasteiger partial charge in [-0.3, -0.25) is 4.79 Å². The summed E-state index contributed by atoms with van der Waals surface area (Å²) in [6.07, 6.45) is 2.74. The summed E-state index contributed by atoms with van der Waals surface area (Å²) in [5.74, 6) is -0.0481. The Morgan fingerprint density at radius 1 is 1.05 bits per heavy atom. The Kier molecular flexibility index (Phi) is 9.54. The van der Waals surface area contributed by atoms with Gasteiger partial charge in [-0.2, -0.15) is 15.5 Å². The molecule has 0 radical (unpaired) electrons. The van der Waals surface area contributed by atoms with Gasteiger partial charge in [-0.1, -0.05) is 35.9 Å². The van der Waals surface area contributed by atoms with Crippen LogP contribution in [0.1, 0.15) is 28.8 Å². The highest BCUT2D eigenvalue weighted by molar-refractivity contribution is 6.30. The molecular formula is C30H26ClN5O5. The molecule has 0 aliphatic heterocycles. The molecule has 4 rings (SSSR count). The molecule has 4 aromatic rings. The molecule has 0 fully saturated rings. The molecule has 0 bridgehead atoms. The smallest absolute Gasteiger partial charge is 0.325 e. The molecule has 11 heteroatoms. The van der Waals surface area contributed by atoms with Gasteiger partial charge in [0, 0.05) is 29.8 Å². The molecule has 0 spiro atoms. The minimum atomic E-state index is -0.530. The van der Waals surface area contributed by atoms with E-state index in [9.17, 15) is 15.3 Å². The van der Waals surface area contributed by atoms with Gasteiger partial charge < -0.3 is 23.9 Å². The summed E-state index contributed by atoms with van der Waals surface area (Å²) in [4.78, 5) is 22.4. The molecule has 0 aliphatic rings. The largest absolute Gasteiger partial charge is 0.470 e. The number of benzene rings is 2. The average molecular weight is 572 g/mol. The first-order valence-corrected chi connectivity index (χ1v) is 13.0. The first kappa shape index (κ1) is 29.1. The molecule has 41 heavy (non-hydrogen) atoms. The molecule has 10 nitrogen and oxygen atoms in total. The van der Waals surface area contributed by atoms with E-state index in [1.165, 1.54) is 18.3 Å². The third kappa shape index (κ3) is 6.82. The van der Waals surface area contributed by atoms with Crippen LogP contribution < -0.4 is 9.64 Å². The third-order valence-electron chi connectivity index (χ3n) is 6.19. The summed E-state index contributed by atoms with van der Waals surface area (Å²) in [5, 5.41) is 30.1. The highest BCUT2D eigenvalue weighted by Gasteiger charge is 2.25. The van der Waals surface area contributed by atoms with Crippen molar-refractivity contribution in [1.82, 2.24) is 9.97 Å². The van der Waals surface area contributed by atoms with Gasteiger partial charge >= 0.3 is 5.97 Å². The van der Waals surface area contributed by atoms with E-state index < -0.39 is 5.97 Å². The van der Waals surface area contributed by atoms with E-state index in [1.54, 1.807) is 43.4 Å². The number of carbonyl (C=O) groups is 1. The number of methoxy groups -OCH3 is 1. The van der Waals surface area contributed by atoms with Crippen LogP contribution in [-0.4, -0.2) is 48.4 Å². The maximum absolute atomic E-state index is 12.0. The van der Waals surface area contributed by atoms with E-state index in [2.05, 4.69) is 22.1 Å². The van der Waals surface area contributed by atoms with Crippen molar-refractivity contribution in [3.05, 3.63) is 82.2 Å². The lowest BCUT2D eigenvalue weighted by Gasteiger charge is -2.22. The van der Waals surface area contributed by atoms with Crippen LogP contribution in [-0.2, 0) is 22.6 Å². The number of aliphatic hydroxyl groups excluding tert-OH is 1. The number of aliphatic hydroxyl groups is 1. The van der Waals surface area contributed by atoms with Crippen molar-refractivity contribution in [1.29, 1.82) is 10.5 Å². The number of nitriles is 2. The van der Waals surface area contributed by atoms with Crippen molar-refractivity contribution in [3.63, 3.8) is 0 Å². The Morgan fingerprint density at radius 3 is 2.37 bits per heavy atom. The van der Waals surface area contributed by atoms with Crippen LogP contribution in [0.5, 0.6) is 5.88 Å². The summed E-state index contributed by atoms with van der Waals surface area (Å²) in [5.41, 5.74) is 3.25. The van der Waals surface area contributed by atoms with Crippen molar-refractivity contribution in [2.45, 2.75) is 19.4 Å². The average Bonchev–Trinajstić information content (AvgIpc) is 3.47. The van der Waals surface area contributed by atoms with Crippen LogP contribution in [0, 0.1) is 22.7 Å². The summed E-state index contributed by atoms with van der Waals surface area (Å²) in [7, 11) is 2.86. The molecule has 0 atom stereocenters. The topological polar surface area (TPSA) is 146 Å². The summed E-state index contributed by atoms with van der Waals surface area (Å²) in [6, 6.07) is 18.6. The lowest BCUT2D eigenvalue weighted by molar-refractivity contribution is -0.138. The Morgan fingerprint density at radius 2 is 1.73 bits per heavy atom. The normalized spacial score (nSPS) is 10.5. The number of nitrogens with zero attached hydrogens (tertiary/aromatic N) is 5. The van der Waals surface area contributed by atoms with E-state index in [1.807, 2.05) is 12.1 Å². The van der Waals surface area contributed by atoms with Gasteiger partial charge in [0.2, 0.25) is 11.8 Å². The molecule has 1 N–H and O–H groups in total. The van der Waals surface area contributed by atoms with Crippen molar-refractivity contribution >= 4 is 23.4 Å². The van der Waals surface area contributed by atoms with Crippen LogP contribution in [0.4, 0.5) is 5.82 Å². The zero-order chi connectivity index (χ0) is 29.4. The minimum absolute atomic E-state index is 0.0337. The number of hydrogen-bond acceptors (Lipinski definition) is 10. The van der Waals surface area contributed by atoms with E-state index in [0.29, 0.717) is 40.6 Å². The Balaban J connectivity index is 1.74. The molecule has 2 aromatic carbocycles. The number of carbonyl (C=O) groups excluding carboxylic acids is 1. The van der Waals surface area contributed by atoms with E-state index in [-0.39, 0.29) is 42.6 Å². The van der Waals surface area contributed by atoms with Crippen molar-refractivity contribution in [3.8, 4) is 40.6 Å². The molecule has 0 unspecified atom stereocenters. The summed E-state index contributed by atoms with van der Waals surface area (Å²) >= 11 is 5.97. The van der Waals surface area contributed by atoms with Crippen LogP contribution in [0.2, 0.25) is 5.02 Å². The number of oxazole rings is 1. The molecule has 0 aliphatic carbocycles. The number of esters is 1. The first-order valence-electron chi connectivity index (χ1n) is 12.6. The molecule has 208 valence electrons. The molecule has 0 saturated heterocycles. The number of likely N-dealkylation sites (N-methyl/N-ethyl adjacent to an activating group) is 1. The number of pyridine rings is 1. The van der Waals surface area contributed by atoms with Crippen molar-refractivity contribution < 1.29 is 23.8 Å². The zero-order valence-electron chi connectivity index (χ0n) is 22.4. The predicted molar refractivity (Wildman–Crippen MR) is 151 cm³/mol. The number of ether oxygens (including phenoxy) is 2. The van der Waals surface area contributed by atoms with E-state index in [4.69, 9.17) is 30.6 Å². The van der Waals surface area contributed by atoms with Gasteiger partial charge in [0.15, 0.2) is 5.82 Å². The molecular weight excluding hydrogens is 546 g/mol. The first-order chi connectivity index (χ1) is 19.9. The Bertz CT molecular complexity index is 1600. The Labute approximate surface area is 242 Å². The maximum Gasteiger partial charge on any atom is 0.325 e. The fourth-order valence-electron chi connectivity index (χ4n) is 4.13. The number of halogens is 1. The van der Waals surface area contributed by atoms with Gasteiger partial charge in [-0.15, -0.1) is 0 Å². The quantitative estimate of drug-likeness (QED) is 0.246. The summed E-state index contributed by atoms with van der Waals surface area (Å²) < 4.78 is 16.4.